The van der Waals surface area contributed by atoms with E-state index in [2.05, 4.69) is 5.32 Å². The third-order valence-corrected chi connectivity index (χ3v) is 2.67. The summed E-state index contributed by atoms with van der Waals surface area (Å²) in [4.78, 5) is 0. The van der Waals surface area contributed by atoms with Crippen molar-refractivity contribution in [1.82, 2.24) is 0 Å². The van der Waals surface area contributed by atoms with Crippen molar-refractivity contribution >= 4 is 17.3 Å². The number of para-hydroxylation sites is 1. The zero-order valence-corrected chi connectivity index (χ0v) is 9.34. The van der Waals surface area contributed by atoms with E-state index >= 15 is 0 Å². The lowest BCUT2D eigenvalue weighted by molar-refractivity contribution is 0.630. The van der Waals surface area contributed by atoms with Gasteiger partial charge >= 0.3 is 0 Å². The molecule has 3 heteroatoms. The molecule has 0 heterocycles. The molecule has 2 aromatic carbocycles. The van der Waals surface area contributed by atoms with Crippen LogP contribution in [0.2, 0.25) is 5.02 Å². The second kappa shape index (κ2) is 4.99. The van der Waals surface area contributed by atoms with Gasteiger partial charge in [-0.1, -0.05) is 41.9 Å². The van der Waals surface area contributed by atoms with E-state index < -0.39 is 0 Å². The van der Waals surface area contributed by atoms with Crippen LogP contribution in [0.4, 0.5) is 10.1 Å². The lowest BCUT2D eigenvalue weighted by Gasteiger charge is -2.08. The summed E-state index contributed by atoms with van der Waals surface area (Å²) in [5.41, 5.74) is 1.44. The Morgan fingerprint density at radius 1 is 1.00 bits per heavy atom. The van der Waals surface area contributed by atoms with Crippen molar-refractivity contribution in [2.24, 2.45) is 0 Å². The molecule has 2 aromatic rings. The molecule has 1 nitrogen and oxygen atoms in total. The molecule has 0 saturated heterocycles. The van der Waals surface area contributed by atoms with Crippen LogP contribution in [0.5, 0.6) is 0 Å². The quantitative estimate of drug-likeness (QED) is 0.845. The minimum Gasteiger partial charge on any atom is -0.379 e. The first-order valence-electron chi connectivity index (χ1n) is 4.99. The van der Waals surface area contributed by atoms with Crippen molar-refractivity contribution < 1.29 is 4.39 Å². The van der Waals surface area contributed by atoms with Gasteiger partial charge in [0.1, 0.15) is 5.82 Å². The van der Waals surface area contributed by atoms with Gasteiger partial charge in [-0.25, -0.2) is 4.39 Å². The summed E-state index contributed by atoms with van der Waals surface area (Å²) in [6.45, 7) is 0.514. The second-order valence-corrected chi connectivity index (χ2v) is 3.83. The summed E-state index contributed by atoms with van der Waals surface area (Å²) in [7, 11) is 0. The van der Waals surface area contributed by atoms with Gasteiger partial charge in [0.25, 0.3) is 0 Å². The highest BCUT2D eigenvalue weighted by Crippen LogP contribution is 2.18. The van der Waals surface area contributed by atoms with Gasteiger partial charge in [-0.15, -0.1) is 0 Å². The summed E-state index contributed by atoms with van der Waals surface area (Å²) in [6, 6.07) is 14.1. The lowest BCUT2D eigenvalue weighted by atomic mass is 10.2. The molecule has 0 aliphatic heterocycles. The standard InChI is InChI=1S/C13H11ClFN/c14-11-6-2-1-5-10(11)9-16-13-8-4-3-7-12(13)15/h1-8,16H,9H2. The highest BCUT2D eigenvalue weighted by atomic mass is 35.5. The maximum Gasteiger partial charge on any atom is 0.146 e. The van der Waals surface area contributed by atoms with Gasteiger partial charge < -0.3 is 5.32 Å². The highest BCUT2D eigenvalue weighted by Gasteiger charge is 2.01. The van der Waals surface area contributed by atoms with Crippen molar-refractivity contribution in [3.8, 4) is 0 Å². The molecular weight excluding hydrogens is 225 g/mol. The van der Waals surface area contributed by atoms with Crippen LogP contribution in [0.15, 0.2) is 48.5 Å². The molecule has 0 spiro atoms. The predicted molar refractivity (Wildman–Crippen MR) is 65.2 cm³/mol. The predicted octanol–water partition coefficient (Wildman–Crippen LogP) is 4.09. The van der Waals surface area contributed by atoms with Crippen molar-refractivity contribution in [1.29, 1.82) is 0 Å². The zero-order chi connectivity index (χ0) is 11.4. The average Bonchev–Trinajstić information content (AvgIpc) is 2.30. The molecule has 0 aliphatic carbocycles. The van der Waals surface area contributed by atoms with Gasteiger partial charge in [-0.05, 0) is 23.8 Å². The monoisotopic (exact) mass is 235 g/mol. The molecule has 1 N–H and O–H groups in total. The molecule has 0 aliphatic rings. The van der Waals surface area contributed by atoms with Crippen LogP contribution in [0, 0.1) is 5.82 Å². The van der Waals surface area contributed by atoms with E-state index in [1.54, 1.807) is 18.2 Å². The number of hydrogen-bond donors (Lipinski definition) is 1. The van der Waals surface area contributed by atoms with Gasteiger partial charge in [0.2, 0.25) is 0 Å². The molecule has 0 aromatic heterocycles. The Hall–Kier alpha value is -1.54. The SMILES string of the molecule is Fc1ccccc1NCc1ccccc1Cl. The Bertz CT molecular complexity index is 439. The summed E-state index contributed by atoms with van der Waals surface area (Å²) in [6.07, 6.45) is 0. The van der Waals surface area contributed by atoms with Crippen LogP contribution < -0.4 is 5.32 Å². The Balaban J connectivity index is 2.09. The van der Waals surface area contributed by atoms with Gasteiger partial charge in [0.05, 0.1) is 5.69 Å². The van der Waals surface area contributed by atoms with Gasteiger partial charge in [-0.2, -0.15) is 0 Å². The number of benzene rings is 2. The fourth-order valence-corrected chi connectivity index (χ4v) is 1.64. The van der Waals surface area contributed by atoms with E-state index in [0.717, 1.165) is 5.56 Å². The fraction of sp³-hybridized carbons (Fsp3) is 0.0769. The first-order valence-corrected chi connectivity index (χ1v) is 5.37. The van der Waals surface area contributed by atoms with Crippen molar-refractivity contribution in [2.45, 2.75) is 6.54 Å². The van der Waals surface area contributed by atoms with Crippen LogP contribution in [0.25, 0.3) is 0 Å². The van der Waals surface area contributed by atoms with Gasteiger partial charge in [0.15, 0.2) is 0 Å². The topological polar surface area (TPSA) is 12.0 Å². The van der Waals surface area contributed by atoms with Crippen molar-refractivity contribution in [2.75, 3.05) is 5.32 Å². The maximum atomic E-state index is 13.3. The van der Waals surface area contributed by atoms with Crippen molar-refractivity contribution in [3.63, 3.8) is 0 Å². The van der Waals surface area contributed by atoms with Crippen LogP contribution in [0.1, 0.15) is 5.56 Å². The van der Waals surface area contributed by atoms with E-state index in [1.165, 1.54) is 6.07 Å². The maximum absolute atomic E-state index is 13.3. The van der Waals surface area contributed by atoms with E-state index in [-0.39, 0.29) is 5.82 Å². The summed E-state index contributed by atoms with van der Waals surface area (Å²) < 4.78 is 13.3. The lowest BCUT2D eigenvalue weighted by Crippen LogP contribution is -2.01. The largest absolute Gasteiger partial charge is 0.379 e. The molecule has 82 valence electrons. The minimum absolute atomic E-state index is 0.255. The van der Waals surface area contributed by atoms with E-state index in [0.29, 0.717) is 17.3 Å². The summed E-state index contributed by atoms with van der Waals surface area (Å²) in [5.74, 6) is -0.255. The number of anilines is 1. The molecule has 2 rings (SSSR count). The molecule has 0 radical (unpaired) electrons. The minimum atomic E-state index is -0.255. The highest BCUT2D eigenvalue weighted by molar-refractivity contribution is 6.31. The molecule has 0 atom stereocenters. The summed E-state index contributed by atoms with van der Waals surface area (Å²) >= 11 is 6.00. The summed E-state index contributed by atoms with van der Waals surface area (Å²) in [5, 5.41) is 3.70. The van der Waals surface area contributed by atoms with Crippen LogP contribution in [-0.4, -0.2) is 0 Å². The van der Waals surface area contributed by atoms with E-state index in [9.17, 15) is 4.39 Å². The van der Waals surface area contributed by atoms with Gasteiger partial charge in [-0.3, -0.25) is 0 Å². The Kier molecular flexibility index (Phi) is 3.42. The number of halogens is 2. The number of nitrogens with one attached hydrogen (secondary N) is 1. The van der Waals surface area contributed by atoms with Crippen LogP contribution >= 0.6 is 11.6 Å². The van der Waals surface area contributed by atoms with E-state index in [4.69, 9.17) is 11.6 Å². The average molecular weight is 236 g/mol. The van der Waals surface area contributed by atoms with Crippen molar-refractivity contribution in [3.05, 3.63) is 64.9 Å². The number of rotatable bonds is 3. The normalized spacial score (nSPS) is 10.1. The first kappa shape index (κ1) is 11.0. The first-order chi connectivity index (χ1) is 7.77. The van der Waals surface area contributed by atoms with E-state index in [1.807, 2.05) is 24.3 Å². The Labute approximate surface area is 98.9 Å². The molecule has 16 heavy (non-hydrogen) atoms. The molecular formula is C13H11ClFN. The van der Waals surface area contributed by atoms with Gasteiger partial charge in [0, 0.05) is 11.6 Å². The van der Waals surface area contributed by atoms with Crippen LogP contribution in [0.3, 0.4) is 0 Å². The molecule has 0 bridgehead atoms. The Morgan fingerprint density at radius 2 is 1.69 bits per heavy atom. The molecule has 0 unspecified atom stereocenters. The molecule has 0 fully saturated rings. The molecule has 0 amide bonds. The Morgan fingerprint density at radius 3 is 2.44 bits per heavy atom. The molecule has 0 saturated carbocycles. The second-order valence-electron chi connectivity index (χ2n) is 3.42. The third kappa shape index (κ3) is 2.52. The smallest absolute Gasteiger partial charge is 0.146 e. The fourth-order valence-electron chi connectivity index (χ4n) is 1.44. The number of hydrogen-bond acceptors (Lipinski definition) is 1. The third-order valence-electron chi connectivity index (χ3n) is 2.30. The zero-order valence-electron chi connectivity index (χ0n) is 8.58. The van der Waals surface area contributed by atoms with Crippen LogP contribution in [-0.2, 0) is 6.54 Å².